The van der Waals surface area contributed by atoms with Crippen LogP contribution in [-0.4, -0.2) is 14.8 Å². The number of thiocarbonyl (C=S) groups is 1. The fourth-order valence-corrected chi connectivity index (χ4v) is 2.27. The van der Waals surface area contributed by atoms with E-state index in [1.165, 1.54) is 12.1 Å². The van der Waals surface area contributed by atoms with Crippen LogP contribution in [0.4, 0.5) is 15.9 Å². The second-order valence-corrected chi connectivity index (χ2v) is 4.89. The van der Waals surface area contributed by atoms with E-state index < -0.39 is 5.82 Å². The lowest BCUT2D eigenvalue weighted by molar-refractivity contribution is 0.628. The molecule has 1 heterocycles. The van der Waals surface area contributed by atoms with Crippen molar-refractivity contribution >= 4 is 40.3 Å². The Morgan fingerprint density at radius 1 is 1.53 bits per heavy atom. The Kier molecular flexibility index (Phi) is 3.73. The van der Waals surface area contributed by atoms with Crippen LogP contribution in [0.15, 0.2) is 18.2 Å². The van der Waals surface area contributed by atoms with Crippen LogP contribution in [0.2, 0.25) is 5.02 Å². The Morgan fingerprint density at radius 2 is 2.21 bits per heavy atom. The third kappa shape index (κ3) is 2.69. The van der Waals surface area contributed by atoms with Crippen LogP contribution < -0.4 is 11.1 Å². The molecule has 19 heavy (non-hydrogen) atoms. The number of aryl methyl sites for hydroxylation is 2. The van der Waals surface area contributed by atoms with Gasteiger partial charge in [0.1, 0.15) is 16.6 Å². The van der Waals surface area contributed by atoms with Gasteiger partial charge in [0.15, 0.2) is 0 Å². The minimum Gasteiger partial charge on any atom is -0.389 e. The van der Waals surface area contributed by atoms with Gasteiger partial charge in [-0.2, -0.15) is 5.10 Å². The molecule has 4 nitrogen and oxygen atoms in total. The van der Waals surface area contributed by atoms with Gasteiger partial charge in [0, 0.05) is 7.05 Å². The van der Waals surface area contributed by atoms with E-state index in [0.717, 1.165) is 5.69 Å². The molecule has 0 atom stereocenters. The molecule has 0 amide bonds. The van der Waals surface area contributed by atoms with Crippen LogP contribution in [0, 0.1) is 12.7 Å². The number of nitrogens with two attached hydrogens (primary N) is 1. The number of anilines is 2. The Balaban J connectivity index is 2.46. The zero-order chi connectivity index (χ0) is 14.2. The number of hydrogen-bond donors (Lipinski definition) is 2. The molecule has 0 saturated heterocycles. The van der Waals surface area contributed by atoms with Crippen LogP contribution >= 0.6 is 23.8 Å². The van der Waals surface area contributed by atoms with E-state index in [9.17, 15) is 4.39 Å². The summed E-state index contributed by atoms with van der Waals surface area (Å²) < 4.78 is 14.6. The molecule has 0 bridgehead atoms. The van der Waals surface area contributed by atoms with E-state index in [4.69, 9.17) is 29.6 Å². The lowest BCUT2D eigenvalue weighted by Crippen LogP contribution is -2.13. The van der Waals surface area contributed by atoms with Crippen molar-refractivity contribution < 1.29 is 4.39 Å². The van der Waals surface area contributed by atoms with E-state index in [1.54, 1.807) is 17.8 Å². The minimum atomic E-state index is -0.397. The van der Waals surface area contributed by atoms with Gasteiger partial charge in [-0.15, -0.1) is 0 Å². The summed E-state index contributed by atoms with van der Waals surface area (Å²) >= 11 is 11.0. The molecular weight excluding hydrogens is 287 g/mol. The maximum absolute atomic E-state index is 13.0. The average Bonchev–Trinajstić information content (AvgIpc) is 2.57. The Bertz CT molecular complexity index is 653. The van der Waals surface area contributed by atoms with E-state index in [2.05, 4.69) is 10.4 Å². The second-order valence-electron chi connectivity index (χ2n) is 4.05. The third-order valence-electron chi connectivity index (χ3n) is 2.65. The summed E-state index contributed by atoms with van der Waals surface area (Å²) in [6.07, 6.45) is 0. The van der Waals surface area contributed by atoms with E-state index in [1.807, 2.05) is 6.92 Å². The molecule has 0 aliphatic rings. The second kappa shape index (κ2) is 5.14. The molecule has 3 N–H and O–H groups in total. The molecule has 0 aliphatic carbocycles. The molecule has 0 saturated carbocycles. The van der Waals surface area contributed by atoms with Gasteiger partial charge >= 0.3 is 0 Å². The zero-order valence-electron chi connectivity index (χ0n) is 10.4. The smallest absolute Gasteiger partial charge is 0.138 e. The lowest BCUT2D eigenvalue weighted by Gasteiger charge is -2.10. The summed E-state index contributed by atoms with van der Waals surface area (Å²) in [6, 6.07) is 4.09. The van der Waals surface area contributed by atoms with Crippen molar-refractivity contribution in [2.75, 3.05) is 5.32 Å². The Labute approximate surface area is 120 Å². The summed E-state index contributed by atoms with van der Waals surface area (Å²) in [5, 5.41) is 7.59. The Hall–Kier alpha value is -1.66. The molecule has 0 radical (unpaired) electrons. The Morgan fingerprint density at radius 3 is 2.79 bits per heavy atom. The zero-order valence-corrected chi connectivity index (χ0v) is 11.9. The molecule has 0 aliphatic heterocycles. The first-order valence-electron chi connectivity index (χ1n) is 5.45. The summed E-state index contributed by atoms with van der Waals surface area (Å²) in [6.45, 7) is 1.81. The van der Waals surface area contributed by atoms with E-state index in [-0.39, 0.29) is 10.0 Å². The fourth-order valence-electron chi connectivity index (χ4n) is 1.81. The summed E-state index contributed by atoms with van der Waals surface area (Å²) in [7, 11) is 1.76. The first-order valence-corrected chi connectivity index (χ1v) is 6.24. The monoisotopic (exact) mass is 298 g/mol. The fraction of sp³-hybridized carbons (Fsp3) is 0.167. The SMILES string of the molecule is Cc1nn(C)c(Nc2ccc(F)cc2Cl)c1C(N)=S. The van der Waals surface area contributed by atoms with Gasteiger partial charge in [-0.25, -0.2) is 4.39 Å². The molecule has 7 heteroatoms. The number of aromatic nitrogens is 2. The van der Waals surface area contributed by atoms with Gasteiger partial charge in [0.05, 0.1) is 22.0 Å². The number of nitrogens with one attached hydrogen (secondary N) is 1. The number of hydrogen-bond acceptors (Lipinski definition) is 3. The van der Waals surface area contributed by atoms with E-state index >= 15 is 0 Å². The van der Waals surface area contributed by atoms with Gasteiger partial charge in [-0.3, -0.25) is 4.68 Å². The molecule has 0 spiro atoms. The highest BCUT2D eigenvalue weighted by Gasteiger charge is 2.16. The first-order chi connectivity index (χ1) is 8.90. The van der Waals surface area contributed by atoms with Gasteiger partial charge in [-0.1, -0.05) is 23.8 Å². The van der Waals surface area contributed by atoms with Gasteiger partial charge in [-0.05, 0) is 25.1 Å². The van der Waals surface area contributed by atoms with Crippen molar-refractivity contribution in [3.05, 3.63) is 40.3 Å². The highest BCUT2D eigenvalue weighted by Crippen LogP contribution is 2.28. The van der Waals surface area contributed by atoms with Crippen molar-refractivity contribution in [2.45, 2.75) is 6.92 Å². The van der Waals surface area contributed by atoms with Crippen molar-refractivity contribution in [1.82, 2.24) is 9.78 Å². The van der Waals surface area contributed by atoms with E-state index in [0.29, 0.717) is 17.1 Å². The van der Waals surface area contributed by atoms with Crippen molar-refractivity contribution in [2.24, 2.45) is 12.8 Å². The lowest BCUT2D eigenvalue weighted by atomic mass is 10.2. The highest BCUT2D eigenvalue weighted by molar-refractivity contribution is 7.80. The normalized spacial score (nSPS) is 10.5. The summed E-state index contributed by atoms with van der Waals surface area (Å²) in [5.74, 6) is 0.227. The highest BCUT2D eigenvalue weighted by atomic mass is 35.5. The maximum atomic E-state index is 13.0. The molecule has 100 valence electrons. The van der Waals surface area contributed by atoms with Crippen molar-refractivity contribution in [3.8, 4) is 0 Å². The topological polar surface area (TPSA) is 55.9 Å². The first kappa shape index (κ1) is 13.8. The van der Waals surface area contributed by atoms with Crippen molar-refractivity contribution in [1.29, 1.82) is 0 Å². The largest absolute Gasteiger partial charge is 0.389 e. The number of benzene rings is 1. The minimum absolute atomic E-state index is 0.242. The molecule has 2 rings (SSSR count). The third-order valence-corrected chi connectivity index (χ3v) is 3.17. The number of halogens is 2. The van der Waals surface area contributed by atoms with Gasteiger partial charge in [0.2, 0.25) is 0 Å². The van der Waals surface area contributed by atoms with Crippen LogP contribution in [0.25, 0.3) is 0 Å². The molecule has 2 aromatic rings. The molecule has 0 fully saturated rings. The number of nitrogens with zero attached hydrogens (tertiary/aromatic N) is 2. The molecular formula is C12H12ClFN4S. The molecule has 0 unspecified atom stereocenters. The quantitative estimate of drug-likeness (QED) is 0.856. The maximum Gasteiger partial charge on any atom is 0.138 e. The predicted molar refractivity (Wildman–Crippen MR) is 78.5 cm³/mol. The van der Waals surface area contributed by atoms with Crippen molar-refractivity contribution in [3.63, 3.8) is 0 Å². The van der Waals surface area contributed by atoms with Gasteiger partial charge in [0.25, 0.3) is 0 Å². The number of rotatable bonds is 3. The molecule has 1 aromatic heterocycles. The van der Waals surface area contributed by atoms with Crippen LogP contribution in [-0.2, 0) is 7.05 Å². The summed E-state index contributed by atoms with van der Waals surface area (Å²) in [5.41, 5.74) is 7.62. The van der Waals surface area contributed by atoms with Crippen LogP contribution in [0.5, 0.6) is 0 Å². The van der Waals surface area contributed by atoms with Crippen LogP contribution in [0.3, 0.4) is 0 Å². The van der Waals surface area contributed by atoms with Gasteiger partial charge < -0.3 is 11.1 Å². The van der Waals surface area contributed by atoms with Crippen LogP contribution in [0.1, 0.15) is 11.3 Å². The summed E-state index contributed by atoms with van der Waals surface area (Å²) in [4.78, 5) is 0.242. The standard InChI is InChI=1S/C12H12ClFN4S/c1-6-10(11(15)19)12(18(2)17-6)16-9-4-3-7(14)5-8(9)13/h3-5,16H,1-2H3,(H2,15,19). The predicted octanol–water partition coefficient (Wildman–Crippen LogP) is 2.90. The molecule has 1 aromatic carbocycles. The average molecular weight is 299 g/mol.